The van der Waals surface area contributed by atoms with Gasteiger partial charge in [0.1, 0.15) is 0 Å². The number of benzene rings is 4. The summed E-state index contributed by atoms with van der Waals surface area (Å²) < 4.78 is 13.5. The molecule has 53 heavy (non-hydrogen) atoms. The third-order valence-corrected chi connectivity index (χ3v) is 10.2. The lowest BCUT2D eigenvalue weighted by molar-refractivity contribution is -0.253. The number of hydrogen-bond acceptors (Lipinski definition) is 7. The second-order valence-electron chi connectivity index (χ2n) is 14.3. The van der Waals surface area contributed by atoms with E-state index in [1.807, 2.05) is 24.3 Å². The molecule has 9 heteroatoms. The van der Waals surface area contributed by atoms with E-state index in [0.717, 1.165) is 98.3 Å². The number of nitrogens with zero attached hydrogens (tertiary/aromatic N) is 2. The molecule has 0 unspecified atom stereocenters. The molecule has 0 spiro atoms. The maximum absolute atomic E-state index is 12.5. The van der Waals surface area contributed by atoms with Gasteiger partial charge in [-0.05, 0) is 58.4 Å². The number of nitrogens with one attached hydrogen (secondary N) is 2. The number of carbonyl (C=O) groups excluding carboxylic acids is 2. The van der Waals surface area contributed by atoms with E-state index < -0.39 is 6.29 Å². The van der Waals surface area contributed by atoms with Crippen molar-refractivity contribution in [1.29, 1.82) is 0 Å². The largest absolute Gasteiger partial charge is 0.392 e. The minimum atomic E-state index is -0.531. The number of aliphatic hydroxyl groups is 1. The van der Waals surface area contributed by atoms with Crippen molar-refractivity contribution >= 4 is 11.8 Å². The summed E-state index contributed by atoms with van der Waals surface area (Å²) in [6.07, 6.45) is 3.11. The molecule has 280 valence electrons. The van der Waals surface area contributed by atoms with Crippen LogP contribution in [0.15, 0.2) is 103 Å². The molecule has 2 heterocycles. The number of hydrogen-bond donors (Lipinski definition) is 3. The Morgan fingerprint density at radius 1 is 0.717 bits per heavy atom. The van der Waals surface area contributed by atoms with Crippen molar-refractivity contribution in [3.05, 3.63) is 131 Å². The van der Waals surface area contributed by atoms with E-state index in [-0.39, 0.29) is 30.6 Å². The van der Waals surface area contributed by atoms with Gasteiger partial charge in [-0.3, -0.25) is 19.4 Å². The first-order chi connectivity index (χ1) is 25.9. The Morgan fingerprint density at radius 3 is 2.19 bits per heavy atom. The average molecular weight is 719 g/mol. The molecule has 0 radical (unpaired) electrons. The van der Waals surface area contributed by atoms with Crippen LogP contribution in [0.25, 0.3) is 11.1 Å². The van der Waals surface area contributed by atoms with Gasteiger partial charge in [-0.2, -0.15) is 0 Å². The van der Waals surface area contributed by atoms with E-state index >= 15 is 0 Å². The minimum Gasteiger partial charge on any atom is -0.392 e. The standard InChI is InChI=1S/C44H54N4O5/c1-33(50)45-21-7-3-6-16-43(51)46-29-36-12-8-13-38(26-36)39-14-9-15-40(27-39)44-52-41(28-42(53-44)37-19-17-35(32-49)18-20-37)31-48-24-22-47(23-25-48)30-34-10-4-2-5-11-34/h2,4-5,8-15,17-20,26-27,41-42,44,49H,3,6-7,16,21-25,28-32H2,1H3,(H,45,50)(H,46,51)/t41-,42+,44+/m1/s1. The van der Waals surface area contributed by atoms with Crippen molar-refractivity contribution in [2.24, 2.45) is 0 Å². The predicted molar refractivity (Wildman–Crippen MR) is 207 cm³/mol. The summed E-state index contributed by atoms with van der Waals surface area (Å²) in [6.45, 7) is 8.52. The van der Waals surface area contributed by atoms with E-state index in [2.05, 4.69) is 99.3 Å². The predicted octanol–water partition coefficient (Wildman–Crippen LogP) is 6.52. The first kappa shape index (κ1) is 38.3. The third kappa shape index (κ3) is 11.8. The Bertz CT molecular complexity index is 1740. The Morgan fingerprint density at radius 2 is 1.43 bits per heavy atom. The fourth-order valence-electron chi connectivity index (χ4n) is 7.16. The highest BCUT2D eigenvalue weighted by atomic mass is 16.7. The molecule has 2 amide bonds. The molecule has 0 bridgehead atoms. The van der Waals surface area contributed by atoms with Gasteiger partial charge in [0.2, 0.25) is 11.8 Å². The number of rotatable bonds is 16. The van der Waals surface area contributed by atoms with Crippen LogP contribution in [0.3, 0.4) is 0 Å². The Labute approximate surface area is 314 Å². The lowest BCUT2D eigenvalue weighted by Crippen LogP contribution is -2.49. The summed E-state index contributed by atoms with van der Waals surface area (Å²) in [5.74, 6) is 0.0131. The monoisotopic (exact) mass is 718 g/mol. The van der Waals surface area contributed by atoms with Gasteiger partial charge >= 0.3 is 0 Å². The van der Waals surface area contributed by atoms with Crippen LogP contribution in [0.4, 0.5) is 0 Å². The molecule has 2 aliphatic rings. The van der Waals surface area contributed by atoms with Crippen LogP contribution in [-0.4, -0.2) is 72.1 Å². The van der Waals surface area contributed by atoms with Gasteiger partial charge in [0.25, 0.3) is 0 Å². The molecule has 0 aliphatic carbocycles. The zero-order valence-electron chi connectivity index (χ0n) is 30.9. The lowest BCUT2D eigenvalue weighted by Gasteiger charge is -2.41. The van der Waals surface area contributed by atoms with Crippen LogP contribution in [0, 0.1) is 0 Å². The van der Waals surface area contributed by atoms with Crippen LogP contribution >= 0.6 is 0 Å². The second kappa shape index (κ2) is 19.6. The van der Waals surface area contributed by atoms with Crippen LogP contribution in [0.2, 0.25) is 0 Å². The molecule has 0 aromatic heterocycles. The van der Waals surface area contributed by atoms with E-state index in [0.29, 0.717) is 19.5 Å². The second-order valence-corrected chi connectivity index (χ2v) is 14.3. The zero-order chi connectivity index (χ0) is 36.8. The molecule has 9 nitrogen and oxygen atoms in total. The molecule has 2 aliphatic heterocycles. The number of aliphatic hydroxyl groups excluding tert-OH is 1. The molecule has 2 fully saturated rings. The van der Waals surface area contributed by atoms with Gasteiger partial charge in [0, 0.05) is 77.7 Å². The first-order valence-electron chi connectivity index (χ1n) is 19.1. The van der Waals surface area contributed by atoms with E-state index in [1.54, 1.807) is 0 Å². The molecule has 2 saturated heterocycles. The summed E-state index contributed by atoms with van der Waals surface area (Å²) in [6, 6.07) is 35.4. The molecule has 4 aromatic carbocycles. The van der Waals surface area contributed by atoms with E-state index in [9.17, 15) is 14.7 Å². The quantitative estimate of drug-likeness (QED) is 0.113. The summed E-state index contributed by atoms with van der Waals surface area (Å²) in [4.78, 5) is 28.6. The maximum Gasteiger partial charge on any atom is 0.220 e. The molecular formula is C44H54N4O5. The Balaban J connectivity index is 1.08. The highest BCUT2D eigenvalue weighted by molar-refractivity contribution is 5.76. The molecule has 6 rings (SSSR count). The summed E-state index contributed by atoms with van der Waals surface area (Å²) in [5.41, 5.74) is 7.44. The maximum atomic E-state index is 12.5. The number of piperazine rings is 1. The summed E-state index contributed by atoms with van der Waals surface area (Å²) >= 11 is 0. The summed E-state index contributed by atoms with van der Waals surface area (Å²) in [5, 5.41) is 15.5. The van der Waals surface area contributed by atoms with E-state index in [1.165, 1.54) is 12.5 Å². The van der Waals surface area contributed by atoms with Gasteiger partial charge in [0.15, 0.2) is 6.29 Å². The molecule has 0 saturated carbocycles. The van der Waals surface area contributed by atoms with Gasteiger partial charge < -0.3 is 25.2 Å². The van der Waals surface area contributed by atoms with Crippen molar-refractivity contribution in [2.45, 2.75) is 77.2 Å². The van der Waals surface area contributed by atoms with Crippen molar-refractivity contribution in [1.82, 2.24) is 20.4 Å². The van der Waals surface area contributed by atoms with Gasteiger partial charge in [-0.1, -0.05) is 97.4 Å². The Hall–Kier alpha value is -4.38. The number of ether oxygens (including phenoxy) is 2. The van der Waals surface area contributed by atoms with Crippen molar-refractivity contribution < 1.29 is 24.2 Å². The van der Waals surface area contributed by atoms with Crippen LogP contribution < -0.4 is 10.6 Å². The van der Waals surface area contributed by atoms with Crippen LogP contribution in [-0.2, 0) is 38.8 Å². The van der Waals surface area contributed by atoms with Gasteiger partial charge in [-0.15, -0.1) is 0 Å². The molecule has 3 N–H and O–H groups in total. The molecule has 4 aromatic rings. The fraction of sp³-hybridized carbons (Fsp3) is 0.409. The van der Waals surface area contributed by atoms with Crippen LogP contribution in [0.5, 0.6) is 0 Å². The minimum absolute atomic E-state index is 0.00949. The van der Waals surface area contributed by atoms with Gasteiger partial charge in [0.05, 0.1) is 18.8 Å². The van der Waals surface area contributed by atoms with Crippen molar-refractivity contribution in [2.75, 3.05) is 39.3 Å². The topological polar surface area (TPSA) is 103 Å². The normalized spacial score (nSPS) is 19.5. The lowest BCUT2D eigenvalue weighted by atomic mass is 9.98. The first-order valence-corrected chi connectivity index (χ1v) is 19.1. The molecule has 3 atom stereocenters. The average Bonchev–Trinajstić information content (AvgIpc) is 3.19. The van der Waals surface area contributed by atoms with Gasteiger partial charge in [-0.25, -0.2) is 0 Å². The SMILES string of the molecule is CC(=O)NCCCCCC(=O)NCc1cccc(-c2cccc([C@H]3O[C@@H](CN4CCN(Cc5ccccc5)CC4)C[C@@H](c4ccc(CO)cc4)O3)c2)c1. The smallest absolute Gasteiger partial charge is 0.220 e. The fourth-order valence-corrected chi connectivity index (χ4v) is 7.16. The van der Waals surface area contributed by atoms with Crippen LogP contribution in [0.1, 0.15) is 79.2 Å². The third-order valence-electron chi connectivity index (χ3n) is 10.2. The number of unbranched alkanes of at least 4 members (excludes halogenated alkanes) is 2. The van der Waals surface area contributed by atoms with Crippen molar-refractivity contribution in [3.63, 3.8) is 0 Å². The molecular weight excluding hydrogens is 665 g/mol. The zero-order valence-corrected chi connectivity index (χ0v) is 30.9. The van der Waals surface area contributed by atoms with Crippen molar-refractivity contribution in [3.8, 4) is 11.1 Å². The number of amides is 2. The number of carbonyl (C=O) groups is 2. The Kier molecular flexibility index (Phi) is 14.2. The summed E-state index contributed by atoms with van der Waals surface area (Å²) in [7, 11) is 0. The highest BCUT2D eigenvalue weighted by Crippen LogP contribution is 2.39. The highest BCUT2D eigenvalue weighted by Gasteiger charge is 2.34. The van der Waals surface area contributed by atoms with E-state index in [4.69, 9.17) is 9.47 Å².